The van der Waals surface area contributed by atoms with Crippen LogP contribution in [0.5, 0.6) is 5.88 Å². The largest absolute Gasteiger partial charge is 0.472 e. The van der Waals surface area contributed by atoms with Gasteiger partial charge in [-0.15, -0.1) is 0 Å². The quantitative estimate of drug-likeness (QED) is 0.920. The number of primary sulfonamides is 1. The number of pyridine rings is 1. The highest BCUT2D eigenvalue weighted by Crippen LogP contribution is 2.20. The molecule has 0 saturated carbocycles. The molecule has 2 aromatic rings. The van der Waals surface area contributed by atoms with Gasteiger partial charge in [-0.05, 0) is 18.2 Å². The molecule has 0 amide bonds. The van der Waals surface area contributed by atoms with E-state index in [4.69, 9.17) is 9.88 Å². The summed E-state index contributed by atoms with van der Waals surface area (Å²) in [5, 5.41) is 5.03. The molecule has 0 aliphatic rings. The lowest BCUT2D eigenvalue weighted by molar-refractivity contribution is 0.279. The Labute approximate surface area is 109 Å². The number of sulfonamides is 1. The number of hydrogen-bond acceptors (Lipinski definition) is 4. The number of halogens is 1. The Morgan fingerprint density at radius 1 is 1.21 bits per heavy atom. The number of ether oxygens (including phenoxy) is 1. The van der Waals surface area contributed by atoms with Crippen LogP contribution in [0, 0.1) is 5.82 Å². The molecule has 2 rings (SSSR count). The van der Waals surface area contributed by atoms with Crippen LogP contribution in [0.25, 0.3) is 0 Å². The van der Waals surface area contributed by atoms with Gasteiger partial charge in [0.1, 0.15) is 17.3 Å². The summed E-state index contributed by atoms with van der Waals surface area (Å²) in [6.45, 7) is -0.133. The van der Waals surface area contributed by atoms with E-state index in [1.165, 1.54) is 30.5 Å². The fraction of sp³-hybridized carbons (Fsp3) is 0.0833. The van der Waals surface area contributed by atoms with Crippen LogP contribution < -0.4 is 9.88 Å². The lowest BCUT2D eigenvalue weighted by Gasteiger charge is -2.09. The smallest absolute Gasteiger partial charge is 0.243 e. The Morgan fingerprint density at radius 3 is 2.63 bits per heavy atom. The maximum Gasteiger partial charge on any atom is 0.243 e. The molecule has 7 heteroatoms. The number of benzene rings is 1. The van der Waals surface area contributed by atoms with Crippen LogP contribution >= 0.6 is 0 Å². The Morgan fingerprint density at radius 2 is 1.95 bits per heavy atom. The van der Waals surface area contributed by atoms with Crippen molar-refractivity contribution in [1.29, 1.82) is 0 Å². The van der Waals surface area contributed by atoms with Crippen LogP contribution in [0.2, 0.25) is 0 Å². The number of nitrogens with zero attached hydrogens (tertiary/aromatic N) is 1. The van der Waals surface area contributed by atoms with Crippen molar-refractivity contribution in [2.45, 2.75) is 11.5 Å². The summed E-state index contributed by atoms with van der Waals surface area (Å²) in [5.41, 5.74) is 0.300. The maximum atomic E-state index is 13.4. The average molecular weight is 282 g/mol. The molecule has 0 aliphatic carbocycles. The van der Waals surface area contributed by atoms with Gasteiger partial charge >= 0.3 is 0 Å². The van der Waals surface area contributed by atoms with Crippen LogP contribution in [0.4, 0.5) is 4.39 Å². The van der Waals surface area contributed by atoms with E-state index in [0.717, 1.165) is 0 Å². The third kappa shape index (κ3) is 3.27. The zero-order valence-electron chi connectivity index (χ0n) is 9.78. The van der Waals surface area contributed by atoms with Crippen molar-refractivity contribution >= 4 is 10.0 Å². The summed E-state index contributed by atoms with van der Waals surface area (Å²) in [6.07, 6.45) is 1.37. The molecule has 0 atom stereocenters. The van der Waals surface area contributed by atoms with E-state index in [1.54, 1.807) is 12.1 Å². The molecule has 19 heavy (non-hydrogen) atoms. The van der Waals surface area contributed by atoms with Crippen molar-refractivity contribution in [1.82, 2.24) is 4.98 Å². The second kappa shape index (κ2) is 5.33. The summed E-state index contributed by atoms with van der Waals surface area (Å²) in [7, 11) is -3.93. The first-order chi connectivity index (χ1) is 8.98. The Hall–Kier alpha value is -1.99. The van der Waals surface area contributed by atoms with Crippen molar-refractivity contribution in [3.63, 3.8) is 0 Å². The topological polar surface area (TPSA) is 82.3 Å². The first-order valence-electron chi connectivity index (χ1n) is 5.32. The summed E-state index contributed by atoms with van der Waals surface area (Å²) in [4.78, 5) is 3.56. The van der Waals surface area contributed by atoms with E-state index in [0.29, 0.717) is 5.56 Å². The van der Waals surface area contributed by atoms with Gasteiger partial charge < -0.3 is 4.74 Å². The van der Waals surface area contributed by atoms with Crippen molar-refractivity contribution in [2.24, 2.45) is 5.14 Å². The molecule has 0 unspecified atom stereocenters. The lowest BCUT2D eigenvalue weighted by Crippen LogP contribution is -2.14. The number of aromatic nitrogens is 1. The van der Waals surface area contributed by atoms with Gasteiger partial charge in [0.05, 0.1) is 0 Å². The molecule has 100 valence electrons. The predicted octanol–water partition coefficient (Wildman–Crippen LogP) is 1.45. The van der Waals surface area contributed by atoms with Crippen LogP contribution in [0.3, 0.4) is 0 Å². The minimum Gasteiger partial charge on any atom is -0.472 e. The Kier molecular flexibility index (Phi) is 3.77. The zero-order valence-corrected chi connectivity index (χ0v) is 10.6. The molecule has 0 saturated heterocycles. The van der Waals surface area contributed by atoms with Gasteiger partial charge in [-0.3, -0.25) is 0 Å². The van der Waals surface area contributed by atoms with Crippen LogP contribution in [-0.4, -0.2) is 13.4 Å². The fourth-order valence-electron chi connectivity index (χ4n) is 1.46. The Bertz CT molecular complexity index is 689. The van der Waals surface area contributed by atoms with Crippen LogP contribution in [-0.2, 0) is 16.6 Å². The number of hydrogen-bond donors (Lipinski definition) is 1. The maximum absolute atomic E-state index is 13.4. The minimum atomic E-state index is -3.93. The SMILES string of the molecule is NS(=O)(=O)c1cccnc1OCc1ccccc1F. The monoisotopic (exact) mass is 282 g/mol. The molecule has 0 bridgehead atoms. The highest BCUT2D eigenvalue weighted by atomic mass is 32.2. The number of nitrogens with two attached hydrogens (primary N) is 1. The van der Waals surface area contributed by atoms with E-state index in [9.17, 15) is 12.8 Å². The van der Waals surface area contributed by atoms with Crippen molar-refractivity contribution in [3.05, 3.63) is 54.0 Å². The zero-order chi connectivity index (χ0) is 13.9. The standard InChI is InChI=1S/C12H11FN2O3S/c13-10-5-2-1-4-9(10)8-18-12-11(19(14,16)17)6-3-7-15-12/h1-7H,8H2,(H2,14,16,17). The molecule has 0 radical (unpaired) electrons. The highest BCUT2D eigenvalue weighted by Gasteiger charge is 2.16. The Balaban J connectivity index is 2.24. The predicted molar refractivity (Wildman–Crippen MR) is 66.3 cm³/mol. The molecule has 0 spiro atoms. The molecule has 0 fully saturated rings. The molecular weight excluding hydrogens is 271 g/mol. The summed E-state index contributed by atoms with van der Waals surface area (Å²) in [6, 6.07) is 8.73. The first-order valence-corrected chi connectivity index (χ1v) is 6.87. The van der Waals surface area contributed by atoms with Crippen molar-refractivity contribution in [2.75, 3.05) is 0 Å². The summed E-state index contributed by atoms with van der Waals surface area (Å²) >= 11 is 0. The summed E-state index contributed by atoms with van der Waals surface area (Å²) in [5.74, 6) is -0.580. The molecule has 2 N–H and O–H groups in total. The van der Waals surface area contributed by atoms with Gasteiger partial charge in [-0.25, -0.2) is 22.9 Å². The molecule has 1 aromatic heterocycles. The second-order valence-corrected chi connectivity index (χ2v) is 5.26. The van der Waals surface area contributed by atoms with Gasteiger partial charge in [0.2, 0.25) is 15.9 Å². The van der Waals surface area contributed by atoms with E-state index in [1.807, 2.05) is 0 Å². The minimum absolute atomic E-state index is 0.133. The fourth-order valence-corrected chi connectivity index (χ4v) is 2.09. The second-order valence-electron chi connectivity index (χ2n) is 3.73. The summed E-state index contributed by atoms with van der Waals surface area (Å²) < 4.78 is 41.2. The van der Waals surface area contributed by atoms with Gasteiger partial charge in [-0.2, -0.15) is 0 Å². The normalized spacial score (nSPS) is 11.3. The van der Waals surface area contributed by atoms with Crippen molar-refractivity contribution in [3.8, 4) is 5.88 Å². The molecule has 0 aliphatic heterocycles. The third-order valence-corrected chi connectivity index (χ3v) is 3.29. The van der Waals surface area contributed by atoms with Crippen LogP contribution in [0.1, 0.15) is 5.56 Å². The number of rotatable bonds is 4. The molecule has 5 nitrogen and oxygen atoms in total. The molecule has 1 aromatic carbocycles. The highest BCUT2D eigenvalue weighted by molar-refractivity contribution is 7.89. The van der Waals surface area contributed by atoms with E-state index in [2.05, 4.69) is 4.98 Å². The van der Waals surface area contributed by atoms with Gasteiger partial charge in [0, 0.05) is 11.8 Å². The molecule has 1 heterocycles. The van der Waals surface area contributed by atoms with Crippen LogP contribution in [0.15, 0.2) is 47.5 Å². The van der Waals surface area contributed by atoms with Gasteiger partial charge in [0.15, 0.2) is 0 Å². The van der Waals surface area contributed by atoms with Gasteiger partial charge in [0.25, 0.3) is 0 Å². The lowest BCUT2D eigenvalue weighted by atomic mass is 10.2. The molecular formula is C12H11FN2O3S. The van der Waals surface area contributed by atoms with E-state index >= 15 is 0 Å². The average Bonchev–Trinajstić information content (AvgIpc) is 2.37. The van der Waals surface area contributed by atoms with Crippen molar-refractivity contribution < 1.29 is 17.5 Å². The van der Waals surface area contributed by atoms with E-state index < -0.39 is 15.8 Å². The third-order valence-electron chi connectivity index (χ3n) is 2.36. The first kappa shape index (κ1) is 13.4. The van der Waals surface area contributed by atoms with E-state index in [-0.39, 0.29) is 17.4 Å². The van der Waals surface area contributed by atoms with Gasteiger partial charge in [-0.1, -0.05) is 18.2 Å².